The minimum Gasteiger partial charge on any atom is -0.171 e. The molecule has 1 atom stereocenters. The monoisotopic (exact) mass is 208 g/mol. The Bertz CT molecular complexity index is 279. The van der Waals surface area contributed by atoms with Crippen molar-refractivity contribution in [1.82, 2.24) is 0 Å². The maximum absolute atomic E-state index is 4.53. The highest BCUT2D eigenvalue weighted by atomic mass is 32.1. The molecule has 0 aliphatic rings. The number of rotatable bonds is 2. The van der Waals surface area contributed by atoms with E-state index in [-0.39, 0.29) is 5.41 Å². The molecule has 0 aliphatic carbocycles. The van der Waals surface area contributed by atoms with Gasteiger partial charge in [0.15, 0.2) is 0 Å². The molecule has 0 aliphatic heterocycles. The molecule has 1 aromatic carbocycles. The van der Waals surface area contributed by atoms with Crippen molar-refractivity contribution in [3.8, 4) is 0 Å². The van der Waals surface area contributed by atoms with E-state index in [4.69, 9.17) is 0 Å². The molecule has 0 saturated carbocycles. The largest absolute Gasteiger partial charge is 0.171 e. The second kappa shape index (κ2) is 4.39. The first-order chi connectivity index (χ1) is 6.45. The van der Waals surface area contributed by atoms with E-state index in [0.717, 1.165) is 6.42 Å². The van der Waals surface area contributed by atoms with Gasteiger partial charge in [0.25, 0.3) is 0 Å². The Morgan fingerprint density at radius 2 is 1.64 bits per heavy atom. The molecule has 0 amide bonds. The molecule has 0 nitrogen and oxygen atoms in total. The summed E-state index contributed by atoms with van der Waals surface area (Å²) in [6.07, 6.45) is 1.08. The molecule has 0 N–H and O–H groups in total. The average Bonchev–Trinajstić information content (AvgIpc) is 2.15. The second-order valence-corrected chi connectivity index (χ2v) is 5.42. The zero-order valence-electron chi connectivity index (χ0n) is 9.54. The van der Waals surface area contributed by atoms with Crippen molar-refractivity contribution in [2.24, 2.45) is 0 Å². The van der Waals surface area contributed by atoms with Crippen LogP contribution in [0.1, 0.15) is 50.5 Å². The van der Waals surface area contributed by atoms with Gasteiger partial charge >= 0.3 is 0 Å². The lowest BCUT2D eigenvalue weighted by molar-refractivity contribution is 0.590. The molecular formula is C13H20S. The molecule has 1 unspecified atom stereocenters. The van der Waals surface area contributed by atoms with Gasteiger partial charge in [-0.1, -0.05) is 52.0 Å². The minimum absolute atomic E-state index is 0.247. The topological polar surface area (TPSA) is 0 Å². The predicted molar refractivity (Wildman–Crippen MR) is 67.2 cm³/mol. The van der Waals surface area contributed by atoms with Crippen molar-refractivity contribution in [2.45, 2.75) is 44.8 Å². The molecule has 14 heavy (non-hydrogen) atoms. The van der Waals surface area contributed by atoms with Crippen LogP contribution in [0.2, 0.25) is 0 Å². The lowest BCUT2D eigenvalue weighted by Gasteiger charge is -2.19. The summed E-state index contributed by atoms with van der Waals surface area (Å²) >= 11 is 4.53. The maximum atomic E-state index is 4.53. The highest BCUT2D eigenvalue weighted by Crippen LogP contribution is 2.27. The molecule has 78 valence electrons. The zero-order valence-corrected chi connectivity index (χ0v) is 10.4. The first-order valence-corrected chi connectivity index (χ1v) is 5.75. The van der Waals surface area contributed by atoms with E-state index in [1.54, 1.807) is 0 Å². The molecule has 0 heterocycles. The highest BCUT2D eigenvalue weighted by molar-refractivity contribution is 7.80. The third kappa shape index (κ3) is 2.78. The van der Waals surface area contributed by atoms with E-state index in [9.17, 15) is 0 Å². The quantitative estimate of drug-likeness (QED) is 0.686. The van der Waals surface area contributed by atoms with Gasteiger partial charge in [-0.05, 0) is 23.0 Å². The van der Waals surface area contributed by atoms with Gasteiger partial charge < -0.3 is 0 Å². The summed E-state index contributed by atoms with van der Waals surface area (Å²) in [7, 11) is 0. The lowest BCUT2D eigenvalue weighted by atomic mass is 9.86. The summed E-state index contributed by atoms with van der Waals surface area (Å²) in [4.78, 5) is 0. The SMILES string of the molecule is CCC(S)c1ccc(C(C)(C)C)cc1. The Balaban J connectivity index is 2.89. The van der Waals surface area contributed by atoms with Crippen molar-refractivity contribution >= 4 is 12.6 Å². The van der Waals surface area contributed by atoms with Crippen LogP contribution >= 0.6 is 12.6 Å². The lowest BCUT2D eigenvalue weighted by Crippen LogP contribution is -2.10. The van der Waals surface area contributed by atoms with Gasteiger partial charge in [-0.2, -0.15) is 12.6 Å². The van der Waals surface area contributed by atoms with Gasteiger partial charge in [-0.25, -0.2) is 0 Å². The fourth-order valence-electron chi connectivity index (χ4n) is 1.44. The molecule has 0 saturated heterocycles. The summed E-state index contributed by atoms with van der Waals surface area (Å²) in [5.74, 6) is 0. The Hall–Kier alpha value is -0.430. The number of benzene rings is 1. The highest BCUT2D eigenvalue weighted by Gasteiger charge is 2.13. The van der Waals surface area contributed by atoms with Crippen molar-refractivity contribution < 1.29 is 0 Å². The predicted octanol–water partition coefficient (Wildman–Crippen LogP) is 4.37. The van der Waals surface area contributed by atoms with Crippen LogP contribution in [0.3, 0.4) is 0 Å². The molecule has 0 radical (unpaired) electrons. The summed E-state index contributed by atoms with van der Waals surface area (Å²) in [6.45, 7) is 8.87. The van der Waals surface area contributed by atoms with Crippen LogP contribution in [0.25, 0.3) is 0 Å². The van der Waals surface area contributed by atoms with E-state index in [1.165, 1.54) is 11.1 Å². The van der Waals surface area contributed by atoms with E-state index < -0.39 is 0 Å². The maximum Gasteiger partial charge on any atom is 0.0264 e. The van der Waals surface area contributed by atoms with E-state index in [2.05, 4.69) is 64.6 Å². The fourth-order valence-corrected chi connectivity index (χ4v) is 1.61. The molecule has 1 heteroatoms. The fraction of sp³-hybridized carbons (Fsp3) is 0.538. The van der Waals surface area contributed by atoms with Crippen molar-refractivity contribution in [3.05, 3.63) is 35.4 Å². The van der Waals surface area contributed by atoms with Gasteiger partial charge in [0, 0.05) is 5.25 Å². The smallest absolute Gasteiger partial charge is 0.0264 e. The first kappa shape index (κ1) is 11.6. The normalized spacial score (nSPS) is 14.1. The Kier molecular flexibility index (Phi) is 3.65. The Morgan fingerprint density at radius 3 is 2.00 bits per heavy atom. The van der Waals surface area contributed by atoms with Gasteiger partial charge in [0.05, 0.1) is 0 Å². The average molecular weight is 208 g/mol. The minimum atomic E-state index is 0.247. The molecule has 0 aromatic heterocycles. The van der Waals surface area contributed by atoms with E-state index in [1.807, 2.05) is 0 Å². The van der Waals surface area contributed by atoms with Crippen molar-refractivity contribution in [2.75, 3.05) is 0 Å². The third-order valence-electron chi connectivity index (χ3n) is 2.55. The van der Waals surface area contributed by atoms with Crippen LogP contribution in [-0.2, 0) is 5.41 Å². The molecule has 0 fully saturated rings. The van der Waals surface area contributed by atoms with Crippen LogP contribution in [0.4, 0.5) is 0 Å². The van der Waals surface area contributed by atoms with E-state index >= 15 is 0 Å². The summed E-state index contributed by atoms with van der Waals surface area (Å²) in [6, 6.07) is 8.83. The van der Waals surface area contributed by atoms with Gasteiger partial charge in [-0.3, -0.25) is 0 Å². The van der Waals surface area contributed by atoms with Crippen LogP contribution in [0.15, 0.2) is 24.3 Å². The van der Waals surface area contributed by atoms with Gasteiger partial charge in [0.1, 0.15) is 0 Å². The third-order valence-corrected chi connectivity index (χ3v) is 3.21. The van der Waals surface area contributed by atoms with Crippen LogP contribution in [0.5, 0.6) is 0 Å². The first-order valence-electron chi connectivity index (χ1n) is 5.23. The van der Waals surface area contributed by atoms with Gasteiger partial charge in [0.2, 0.25) is 0 Å². The van der Waals surface area contributed by atoms with Crippen molar-refractivity contribution in [1.29, 1.82) is 0 Å². The number of hydrogen-bond acceptors (Lipinski definition) is 1. The number of hydrogen-bond donors (Lipinski definition) is 1. The standard InChI is InChI=1S/C13H20S/c1-5-12(14)10-6-8-11(9-7-10)13(2,3)4/h6-9,12,14H,5H2,1-4H3. The zero-order chi connectivity index (χ0) is 10.8. The van der Waals surface area contributed by atoms with Crippen LogP contribution in [-0.4, -0.2) is 0 Å². The molecule has 1 rings (SSSR count). The summed E-state index contributed by atoms with van der Waals surface area (Å²) < 4.78 is 0. The number of thiol groups is 1. The Labute approximate surface area is 93.1 Å². The molecule has 1 aromatic rings. The van der Waals surface area contributed by atoms with E-state index in [0.29, 0.717) is 5.25 Å². The second-order valence-electron chi connectivity index (χ2n) is 4.80. The van der Waals surface area contributed by atoms with Crippen LogP contribution in [0, 0.1) is 0 Å². The summed E-state index contributed by atoms with van der Waals surface area (Å²) in [5, 5.41) is 0.379. The summed E-state index contributed by atoms with van der Waals surface area (Å²) in [5.41, 5.74) is 2.96. The van der Waals surface area contributed by atoms with Crippen molar-refractivity contribution in [3.63, 3.8) is 0 Å². The Morgan fingerprint density at radius 1 is 1.14 bits per heavy atom. The van der Waals surface area contributed by atoms with Gasteiger partial charge in [-0.15, -0.1) is 0 Å². The molecular weight excluding hydrogens is 188 g/mol. The molecule has 0 spiro atoms. The molecule has 0 bridgehead atoms. The van der Waals surface area contributed by atoms with Crippen LogP contribution < -0.4 is 0 Å².